The first-order chi connectivity index (χ1) is 10.7. The van der Waals surface area contributed by atoms with Gasteiger partial charge in [0.1, 0.15) is 22.7 Å². The Labute approximate surface area is 129 Å². The van der Waals surface area contributed by atoms with Crippen molar-refractivity contribution in [2.24, 2.45) is 0 Å². The summed E-state index contributed by atoms with van der Waals surface area (Å²) in [7, 11) is 1.61. The number of fused-ring (bicyclic) bond motifs is 1. The fourth-order valence-electron chi connectivity index (χ4n) is 2.94. The van der Waals surface area contributed by atoms with Gasteiger partial charge in [0.05, 0.1) is 20.3 Å². The average molecular weight is 303 g/mol. The van der Waals surface area contributed by atoms with Crippen LogP contribution in [0.15, 0.2) is 22.6 Å². The first kappa shape index (κ1) is 14.9. The maximum atomic E-state index is 12.4. The van der Waals surface area contributed by atoms with Crippen LogP contribution in [0.3, 0.4) is 0 Å². The number of esters is 1. The van der Waals surface area contributed by atoms with Gasteiger partial charge in [-0.3, -0.25) is 4.90 Å². The molecule has 1 aromatic heterocycles. The average Bonchev–Trinajstić information content (AvgIpc) is 3.14. The monoisotopic (exact) mass is 303 g/mol. The van der Waals surface area contributed by atoms with Crippen molar-refractivity contribution in [3.05, 3.63) is 29.5 Å². The molecule has 0 atom stereocenters. The van der Waals surface area contributed by atoms with Crippen molar-refractivity contribution in [1.82, 2.24) is 4.90 Å². The Morgan fingerprint density at radius 3 is 2.77 bits per heavy atom. The number of rotatable bonds is 5. The molecular weight excluding hydrogens is 282 g/mol. The highest BCUT2D eigenvalue weighted by atomic mass is 16.5. The first-order valence-electron chi connectivity index (χ1n) is 7.71. The van der Waals surface area contributed by atoms with Crippen molar-refractivity contribution >= 4 is 16.9 Å². The van der Waals surface area contributed by atoms with Crippen LogP contribution in [0, 0.1) is 0 Å². The van der Waals surface area contributed by atoms with Crippen molar-refractivity contribution in [3.8, 4) is 5.75 Å². The van der Waals surface area contributed by atoms with Crippen molar-refractivity contribution in [2.45, 2.75) is 26.3 Å². The van der Waals surface area contributed by atoms with Gasteiger partial charge in [-0.2, -0.15) is 0 Å². The van der Waals surface area contributed by atoms with Crippen LogP contribution in [-0.4, -0.2) is 37.7 Å². The summed E-state index contributed by atoms with van der Waals surface area (Å²) < 4.78 is 16.4. The second kappa shape index (κ2) is 6.40. The first-order valence-corrected chi connectivity index (χ1v) is 7.71. The molecule has 0 spiro atoms. The number of methoxy groups -OCH3 is 1. The predicted octanol–water partition coefficient (Wildman–Crippen LogP) is 3.21. The smallest absolute Gasteiger partial charge is 0.342 e. The summed E-state index contributed by atoms with van der Waals surface area (Å²) in [4.78, 5) is 14.7. The van der Waals surface area contributed by atoms with Gasteiger partial charge in [0.15, 0.2) is 0 Å². The highest BCUT2D eigenvalue weighted by molar-refractivity contribution is 6.05. The van der Waals surface area contributed by atoms with E-state index in [1.807, 2.05) is 18.2 Å². The number of ether oxygens (including phenoxy) is 2. The molecule has 0 saturated carbocycles. The van der Waals surface area contributed by atoms with Crippen LogP contribution >= 0.6 is 0 Å². The number of nitrogens with zero attached hydrogens (tertiary/aromatic N) is 1. The minimum absolute atomic E-state index is 0.330. The lowest BCUT2D eigenvalue weighted by Gasteiger charge is -2.13. The number of carbonyl (C=O) groups is 1. The Morgan fingerprint density at radius 1 is 1.32 bits per heavy atom. The summed E-state index contributed by atoms with van der Waals surface area (Å²) >= 11 is 0. The number of hydrogen-bond donors (Lipinski definition) is 0. The van der Waals surface area contributed by atoms with Crippen LogP contribution < -0.4 is 4.74 Å². The molecule has 0 unspecified atom stereocenters. The van der Waals surface area contributed by atoms with E-state index < -0.39 is 0 Å². The van der Waals surface area contributed by atoms with E-state index in [1.165, 1.54) is 12.8 Å². The zero-order valence-electron chi connectivity index (χ0n) is 13.1. The summed E-state index contributed by atoms with van der Waals surface area (Å²) in [6.07, 6.45) is 2.39. The lowest BCUT2D eigenvalue weighted by molar-refractivity contribution is 0.0524. The SMILES string of the molecule is CCOC(=O)c1c(CN2CCCC2)oc2ccc(OC)cc12. The van der Waals surface area contributed by atoms with Crippen LogP contribution in [0.2, 0.25) is 0 Å². The van der Waals surface area contributed by atoms with Gasteiger partial charge >= 0.3 is 5.97 Å². The lowest BCUT2D eigenvalue weighted by atomic mass is 10.1. The van der Waals surface area contributed by atoms with Gasteiger partial charge in [-0.15, -0.1) is 0 Å². The number of likely N-dealkylation sites (tertiary alicyclic amines) is 1. The Bertz CT molecular complexity index is 671. The van der Waals surface area contributed by atoms with E-state index in [9.17, 15) is 4.79 Å². The molecule has 1 saturated heterocycles. The molecule has 5 nitrogen and oxygen atoms in total. The minimum atomic E-state index is -0.330. The van der Waals surface area contributed by atoms with E-state index in [4.69, 9.17) is 13.9 Å². The van der Waals surface area contributed by atoms with Gasteiger partial charge in [-0.1, -0.05) is 0 Å². The molecule has 5 heteroatoms. The third-order valence-electron chi connectivity index (χ3n) is 4.01. The summed E-state index contributed by atoms with van der Waals surface area (Å²) in [5.41, 5.74) is 1.22. The van der Waals surface area contributed by atoms with E-state index in [1.54, 1.807) is 14.0 Å². The molecule has 118 valence electrons. The molecule has 0 bridgehead atoms. The highest BCUT2D eigenvalue weighted by Gasteiger charge is 2.25. The third-order valence-corrected chi connectivity index (χ3v) is 4.01. The zero-order chi connectivity index (χ0) is 15.5. The van der Waals surface area contributed by atoms with Crippen LogP contribution in [0.25, 0.3) is 11.0 Å². The zero-order valence-corrected chi connectivity index (χ0v) is 13.1. The fourth-order valence-corrected chi connectivity index (χ4v) is 2.94. The quantitative estimate of drug-likeness (QED) is 0.794. The van der Waals surface area contributed by atoms with E-state index in [0.717, 1.165) is 18.5 Å². The van der Waals surface area contributed by atoms with Gasteiger partial charge in [0, 0.05) is 5.39 Å². The number of carbonyl (C=O) groups excluding carboxylic acids is 1. The third kappa shape index (κ3) is 2.81. The number of hydrogen-bond acceptors (Lipinski definition) is 5. The minimum Gasteiger partial charge on any atom is -0.497 e. The molecule has 22 heavy (non-hydrogen) atoms. The van der Waals surface area contributed by atoms with Crippen LogP contribution in [0.1, 0.15) is 35.9 Å². The van der Waals surface area contributed by atoms with E-state index in [2.05, 4.69) is 4.90 Å². The largest absolute Gasteiger partial charge is 0.497 e. The molecule has 3 rings (SSSR count). The van der Waals surface area contributed by atoms with Crippen LogP contribution in [0.4, 0.5) is 0 Å². The Hall–Kier alpha value is -2.01. The maximum absolute atomic E-state index is 12.4. The molecule has 2 aromatic rings. The van der Waals surface area contributed by atoms with Crippen molar-refractivity contribution in [1.29, 1.82) is 0 Å². The van der Waals surface area contributed by atoms with Crippen LogP contribution in [0.5, 0.6) is 5.75 Å². The Kier molecular flexibility index (Phi) is 4.34. The standard InChI is InChI=1S/C17H21NO4/c1-3-21-17(19)16-13-10-12(20-2)6-7-14(13)22-15(16)11-18-8-4-5-9-18/h6-7,10H,3-5,8-9,11H2,1-2H3. The molecule has 2 heterocycles. The fraction of sp³-hybridized carbons (Fsp3) is 0.471. The topological polar surface area (TPSA) is 51.9 Å². The highest BCUT2D eigenvalue weighted by Crippen LogP contribution is 2.31. The summed E-state index contributed by atoms with van der Waals surface area (Å²) in [6, 6.07) is 5.50. The second-order valence-corrected chi connectivity index (χ2v) is 5.47. The van der Waals surface area contributed by atoms with E-state index >= 15 is 0 Å². The van der Waals surface area contributed by atoms with Crippen molar-refractivity contribution in [2.75, 3.05) is 26.8 Å². The Balaban J connectivity index is 2.04. The summed E-state index contributed by atoms with van der Waals surface area (Å²) in [6.45, 7) is 4.88. The van der Waals surface area contributed by atoms with Crippen LogP contribution in [-0.2, 0) is 11.3 Å². The summed E-state index contributed by atoms with van der Waals surface area (Å²) in [5, 5.41) is 0.756. The predicted molar refractivity (Wildman–Crippen MR) is 83.2 cm³/mol. The normalized spacial score (nSPS) is 15.4. The molecule has 0 aliphatic carbocycles. The molecule has 0 N–H and O–H groups in total. The van der Waals surface area contributed by atoms with Gasteiger partial charge in [0.2, 0.25) is 0 Å². The lowest BCUT2D eigenvalue weighted by Crippen LogP contribution is -2.19. The molecular formula is C17H21NO4. The van der Waals surface area contributed by atoms with Gasteiger partial charge in [-0.05, 0) is 51.1 Å². The van der Waals surface area contributed by atoms with Gasteiger partial charge < -0.3 is 13.9 Å². The maximum Gasteiger partial charge on any atom is 0.342 e. The van der Waals surface area contributed by atoms with Gasteiger partial charge in [0.25, 0.3) is 0 Å². The number of benzene rings is 1. The van der Waals surface area contributed by atoms with Crippen molar-refractivity contribution < 1.29 is 18.7 Å². The molecule has 0 radical (unpaired) electrons. The second-order valence-electron chi connectivity index (χ2n) is 5.47. The molecule has 1 aliphatic rings. The van der Waals surface area contributed by atoms with E-state index in [0.29, 0.717) is 35.8 Å². The molecule has 1 aliphatic heterocycles. The van der Waals surface area contributed by atoms with Crippen molar-refractivity contribution in [3.63, 3.8) is 0 Å². The Morgan fingerprint density at radius 2 is 2.09 bits per heavy atom. The molecule has 1 aromatic carbocycles. The molecule has 0 amide bonds. The van der Waals surface area contributed by atoms with Gasteiger partial charge in [-0.25, -0.2) is 4.79 Å². The van der Waals surface area contributed by atoms with E-state index in [-0.39, 0.29) is 5.97 Å². The number of furan rings is 1. The summed E-state index contributed by atoms with van der Waals surface area (Å²) in [5.74, 6) is 1.05. The molecule has 1 fully saturated rings.